The maximum atomic E-state index is 12.7. The molecule has 1 N–H and O–H groups in total. The molecule has 7 heteroatoms. The summed E-state index contributed by atoms with van der Waals surface area (Å²) < 4.78 is 6.85. The summed E-state index contributed by atoms with van der Waals surface area (Å²) in [7, 11) is 1.37. The third-order valence-electron chi connectivity index (χ3n) is 4.43. The number of hydrogen-bond acceptors (Lipinski definition) is 4. The molecule has 0 radical (unpaired) electrons. The molecule has 1 aliphatic carbocycles. The third-order valence-corrected chi connectivity index (χ3v) is 4.43. The molecular formula is C16H18N4O3. The molecule has 120 valence electrons. The van der Waals surface area contributed by atoms with Crippen LogP contribution in [-0.4, -0.2) is 46.1 Å². The minimum absolute atomic E-state index is 0.0778. The van der Waals surface area contributed by atoms with E-state index in [4.69, 9.17) is 4.74 Å². The van der Waals surface area contributed by atoms with Crippen molar-refractivity contribution in [2.75, 3.05) is 13.7 Å². The number of carbonyl (C=O) groups is 2. The second-order valence-electron chi connectivity index (χ2n) is 5.99. The SMILES string of the molecule is COC(=O)N1CCn2c(c(C(=O)NC3CC3)c3cccnc32)C1. The first-order chi connectivity index (χ1) is 11.2. The minimum atomic E-state index is -0.372. The number of aromatic nitrogens is 2. The Bertz CT molecular complexity index is 794. The highest BCUT2D eigenvalue weighted by Crippen LogP contribution is 2.30. The monoisotopic (exact) mass is 314 g/mol. The zero-order valence-electron chi connectivity index (χ0n) is 12.9. The van der Waals surface area contributed by atoms with Crippen LogP contribution in [0.3, 0.4) is 0 Å². The topological polar surface area (TPSA) is 76.5 Å². The Balaban J connectivity index is 1.80. The van der Waals surface area contributed by atoms with Crippen LogP contribution in [0.4, 0.5) is 4.79 Å². The van der Waals surface area contributed by atoms with Crippen LogP contribution in [0.5, 0.6) is 0 Å². The van der Waals surface area contributed by atoms with Gasteiger partial charge in [0.05, 0.1) is 24.9 Å². The molecule has 1 aliphatic heterocycles. The summed E-state index contributed by atoms with van der Waals surface area (Å²) >= 11 is 0. The van der Waals surface area contributed by atoms with Crippen molar-refractivity contribution < 1.29 is 14.3 Å². The maximum absolute atomic E-state index is 12.7. The van der Waals surface area contributed by atoms with Crippen LogP contribution < -0.4 is 5.32 Å². The highest BCUT2D eigenvalue weighted by Gasteiger charge is 2.32. The molecule has 2 aromatic rings. The van der Waals surface area contributed by atoms with E-state index in [1.807, 2.05) is 16.7 Å². The summed E-state index contributed by atoms with van der Waals surface area (Å²) in [5.41, 5.74) is 2.26. The number of fused-ring (bicyclic) bond motifs is 3. The number of hydrogen-bond donors (Lipinski definition) is 1. The van der Waals surface area contributed by atoms with Gasteiger partial charge in [0, 0.05) is 30.7 Å². The van der Waals surface area contributed by atoms with Gasteiger partial charge in [-0.15, -0.1) is 0 Å². The molecule has 0 unspecified atom stereocenters. The number of methoxy groups -OCH3 is 1. The lowest BCUT2D eigenvalue weighted by Crippen LogP contribution is -2.39. The summed E-state index contributed by atoms with van der Waals surface area (Å²) in [4.78, 5) is 30.6. The predicted molar refractivity (Wildman–Crippen MR) is 83.0 cm³/mol. The number of nitrogens with zero attached hydrogens (tertiary/aromatic N) is 3. The molecule has 1 saturated carbocycles. The van der Waals surface area contributed by atoms with Crippen molar-refractivity contribution >= 4 is 23.0 Å². The molecule has 0 spiro atoms. The Morgan fingerprint density at radius 1 is 1.35 bits per heavy atom. The first-order valence-corrected chi connectivity index (χ1v) is 7.79. The van der Waals surface area contributed by atoms with Crippen molar-refractivity contribution in [3.63, 3.8) is 0 Å². The van der Waals surface area contributed by atoms with E-state index in [1.165, 1.54) is 7.11 Å². The Hall–Kier alpha value is -2.57. The smallest absolute Gasteiger partial charge is 0.409 e. The van der Waals surface area contributed by atoms with Crippen LogP contribution in [0.2, 0.25) is 0 Å². The molecule has 2 amide bonds. The summed E-state index contributed by atoms with van der Waals surface area (Å²) in [6.45, 7) is 1.51. The number of ether oxygens (including phenoxy) is 1. The predicted octanol–water partition coefficient (Wildman–Crippen LogP) is 1.51. The van der Waals surface area contributed by atoms with Gasteiger partial charge in [-0.25, -0.2) is 9.78 Å². The van der Waals surface area contributed by atoms with Crippen LogP contribution in [0, 0.1) is 0 Å². The van der Waals surface area contributed by atoms with Gasteiger partial charge in [0.25, 0.3) is 5.91 Å². The van der Waals surface area contributed by atoms with Crippen molar-refractivity contribution in [1.29, 1.82) is 0 Å². The van der Waals surface area contributed by atoms with Gasteiger partial charge in [-0.05, 0) is 25.0 Å². The molecule has 2 aromatic heterocycles. The number of amides is 2. The molecule has 0 bridgehead atoms. The van der Waals surface area contributed by atoms with E-state index in [-0.39, 0.29) is 18.0 Å². The largest absolute Gasteiger partial charge is 0.453 e. The van der Waals surface area contributed by atoms with Crippen molar-refractivity contribution in [1.82, 2.24) is 19.8 Å². The first-order valence-electron chi connectivity index (χ1n) is 7.79. The lowest BCUT2D eigenvalue weighted by molar-refractivity contribution is 0.0941. The number of carbonyl (C=O) groups excluding carboxylic acids is 2. The Morgan fingerprint density at radius 2 is 2.17 bits per heavy atom. The average molecular weight is 314 g/mol. The highest BCUT2D eigenvalue weighted by molar-refractivity contribution is 6.08. The maximum Gasteiger partial charge on any atom is 0.409 e. The molecule has 0 saturated heterocycles. The van der Waals surface area contributed by atoms with Crippen molar-refractivity contribution in [3.8, 4) is 0 Å². The minimum Gasteiger partial charge on any atom is -0.453 e. The Kier molecular flexibility index (Phi) is 3.21. The van der Waals surface area contributed by atoms with Gasteiger partial charge in [-0.1, -0.05) is 0 Å². The fourth-order valence-electron chi connectivity index (χ4n) is 3.13. The number of rotatable bonds is 2. The van der Waals surface area contributed by atoms with Crippen molar-refractivity contribution in [2.24, 2.45) is 0 Å². The molecule has 0 aromatic carbocycles. The summed E-state index contributed by atoms with van der Waals surface area (Å²) in [5, 5.41) is 3.88. The lowest BCUT2D eigenvalue weighted by Gasteiger charge is -2.28. The second kappa shape index (κ2) is 5.26. The van der Waals surface area contributed by atoms with Crippen molar-refractivity contribution in [3.05, 3.63) is 29.6 Å². The fourth-order valence-corrected chi connectivity index (χ4v) is 3.13. The van der Waals surface area contributed by atoms with E-state index < -0.39 is 0 Å². The van der Waals surface area contributed by atoms with Gasteiger partial charge < -0.3 is 19.5 Å². The van der Waals surface area contributed by atoms with Gasteiger partial charge in [-0.3, -0.25) is 4.79 Å². The molecular weight excluding hydrogens is 296 g/mol. The average Bonchev–Trinajstić information content (AvgIpc) is 3.32. The van der Waals surface area contributed by atoms with Gasteiger partial charge in [0.15, 0.2) is 0 Å². The quantitative estimate of drug-likeness (QED) is 0.911. The van der Waals surface area contributed by atoms with E-state index in [1.54, 1.807) is 11.1 Å². The van der Waals surface area contributed by atoms with E-state index in [0.717, 1.165) is 29.6 Å². The van der Waals surface area contributed by atoms with Crippen LogP contribution in [0.1, 0.15) is 28.9 Å². The van der Waals surface area contributed by atoms with E-state index >= 15 is 0 Å². The molecule has 4 rings (SSSR count). The highest BCUT2D eigenvalue weighted by atomic mass is 16.5. The second-order valence-corrected chi connectivity index (χ2v) is 5.99. The summed E-state index contributed by atoms with van der Waals surface area (Å²) in [6, 6.07) is 4.03. The zero-order valence-corrected chi connectivity index (χ0v) is 12.9. The van der Waals surface area contributed by atoms with Crippen LogP contribution in [-0.2, 0) is 17.8 Å². The molecule has 3 heterocycles. The Morgan fingerprint density at radius 3 is 2.91 bits per heavy atom. The number of pyridine rings is 1. The van der Waals surface area contributed by atoms with Crippen LogP contribution >= 0.6 is 0 Å². The molecule has 0 atom stereocenters. The zero-order chi connectivity index (χ0) is 16.0. The van der Waals surface area contributed by atoms with E-state index in [9.17, 15) is 9.59 Å². The molecule has 7 nitrogen and oxygen atoms in total. The van der Waals surface area contributed by atoms with Gasteiger partial charge in [0.2, 0.25) is 0 Å². The first kappa shape index (κ1) is 14.0. The fraction of sp³-hybridized carbons (Fsp3) is 0.438. The van der Waals surface area contributed by atoms with E-state index in [0.29, 0.717) is 25.2 Å². The van der Waals surface area contributed by atoms with Gasteiger partial charge >= 0.3 is 6.09 Å². The standard InChI is InChI=1S/C16H18N4O3/c1-23-16(22)19-7-8-20-12(9-19)13(15(21)18-10-4-5-10)11-3-2-6-17-14(11)20/h2-3,6,10H,4-5,7-9H2,1H3,(H,18,21). The normalized spacial score (nSPS) is 17.0. The molecule has 1 fully saturated rings. The summed E-state index contributed by atoms with van der Waals surface area (Å²) in [6.07, 6.45) is 3.42. The lowest BCUT2D eigenvalue weighted by atomic mass is 10.1. The van der Waals surface area contributed by atoms with Gasteiger partial charge in [-0.2, -0.15) is 0 Å². The Labute approximate surface area is 133 Å². The third kappa shape index (κ3) is 2.32. The van der Waals surface area contributed by atoms with Crippen LogP contribution in [0.15, 0.2) is 18.3 Å². The number of nitrogens with one attached hydrogen (secondary N) is 1. The summed E-state index contributed by atoms with van der Waals surface area (Å²) in [5.74, 6) is -0.0778. The van der Waals surface area contributed by atoms with Crippen LogP contribution in [0.25, 0.3) is 11.0 Å². The molecule has 23 heavy (non-hydrogen) atoms. The van der Waals surface area contributed by atoms with Crippen molar-refractivity contribution in [2.45, 2.75) is 32.0 Å². The molecule has 2 aliphatic rings. The van der Waals surface area contributed by atoms with E-state index in [2.05, 4.69) is 10.3 Å². The van der Waals surface area contributed by atoms with Gasteiger partial charge in [0.1, 0.15) is 5.65 Å².